The number of ether oxygens (including phenoxy) is 1. The highest BCUT2D eigenvalue weighted by atomic mass is 35.5. The standard InChI is InChI=1S/C15H14ClNO3/c1-9-3-4-10(7-13(9)18)15(19)17-11-5-6-14(20-2)12(16)8-11/h3-8,18H,1-2H3,(H,17,19). The second-order valence-electron chi connectivity index (χ2n) is 4.30. The van der Waals surface area contributed by atoms with E-state index in [-0.39, 0.29) is 11.7 Å². The van der Waals surface area contributed by atoms with Crippen LogP contribution >= 0.6 is 11.6 Å². The van der Waals surface area contributed by atoms with Gasteiger partial charge in [0.25, 0.3) is 5.91 Å². The number of benzene rings is 2. The van der Waals surface area contributed by atoms with E-state index >= 15 is 0 Å². The number of carbonyl (C=O) groups excluding carboxylic acids is 1. The van der Waals surface area contributed by atoms with Gasteiger partial charge in [-0.15, -0.1) is 0 Å². The van der Waals surface area contributed by atoms with Crippen molar-refractivity contribution in [3.63, 3.8) is 0 Å². The van der Waals surface area contributed by atoms with Crippen LogP contribution < -0.4 is 10.1 Å². The third kappa shape index (κ3) is 3.03. The van der Waals surface area contributed by atoms with Gasteiger partial charge in [0.15, 0.2) is 0 Å². The Bertz CT molecular complexity index is 656. The molecule has 0 spiro atoms. The first-order chi connectivity index (χ1) is 9.51. The average molecular weight is 292 g/mol. The number of hydrogen-bond donors (Lipinski definition) is 2. The number of rotatable bonds is 3. The summed E-state index contributed by atoms with van der Waals surface area (Å²) < 4.78 is 5.04. The Balaban J connectivity index is 2.19. The molecule has 4 nitrogen and oxygen atoms in total. The van der Waals surface area contributed by atoms with Gasteiger partial charge in [-0.3, -0.25) is 4.79 Å². The van der Waals surface area contributed by atoms with Gasteiger partial charge in [-0.2, -0.15) is 0 Å². The van der Waals surface area contributed by atoms with Gasteiger partial charge < -0.3 is 15.2 Å². The minimum Gasteiger partial charge on any atom is -0.508 e. The van der Waals surface area contributed by atoms with E-state index in [1.165, 1.54) is 13.2 Å². The van der Waals surface area contributed by atoms with Gasteiger partial charge >= 0.3 is 0 Å². The molecule has 0 aliphatic heterocycles. The number of amides is 1. The van der Waals surface area contributed by atoms with Crippen molar-refractivity contribution in [2.45, 2.75) is 6.92 Å². The fourth-order valence-electron chi connectivity index (χ4n) is 1.70. The van der Waals surface area contributed by atoms with Gasteiger partial charge in [0, 0.05) is 11.3 Å². The second kappa shape index (κ2) is 5.84. The Kier molecular flexibility index (Phi) is 4.15. The van der Waals surface area contributed by atoms with Crippen LogP contribution in [0.25, 0.3) is 0 Å². The SMILES string of the molecule is COc1ccc(NC(=O)c2ccc(C)c(O)c2)cc1Cl. The predicted molar refractivity (Wildman–Crippen MR) is 78.8 cm³/mol. The molecular formula is C15H14ClNO3. The molecule has 0 bridgehead atoms. The summed E-state index contributed by atoms with van der Waals surface area (Å²) in [5, 5.41) is 12.7. The number of anilines is 1. The zero-order chi connectivity index (χ0) is 14.7. The molecule has 20 heavy (non-hydrogen) atoms. The molecule has 0 aliphatic rings. The monoisotopic (exact) mass is 291 g/mol. The number of methoxy groups -OCH3 is 1. The predicted octanol–water partition coefficient (Wildman–Crippen LogP) is 3.61. The molecule has 2 N–H and O–H groups in total. The van der Waals surface area contributed by atoms with Crippen molar-refractivity contribution in [3.05, 3.63) is 52.5 Å². The lowest BCUT2D eigenvalue weighted by atomic mass is 10.1. The maximum Gasteiger partial charge on any atom is 0.255 e. The molecule has 2 rings (SSSR count). The first-order valence-electron chi connectivity index (χ1n) is 5.96. The van der Waals surface area contributed by atoms with Gasteiger partial charge in [-0.25, -0.2) is 0 Å². The van der Waals surface area contributed by atoms with Gasteiger partial charge in [0.1, 0.15) is 11.5 Å². The zero-order valence-corrected chi connectivity index (χ0v) is 11.9. The van der Waals surface area contributed by atoms with Gasteiger partial charge in [0.2, 0.25) is 0 Å². The van der Waals surface area contributed by atoms with E-state index in [0.29, 0.717) is 27.6 Å². The summed E-state index contributed by atoms with van der Waals surface area (Å²) in [6.07, 6.45) is 0. The molecule has 0 atom stereocenters. The van der Waals surface area contributed by atoms with Crippen molar-refractivity contribution in [2.24, 2.45) is 0 Å². The lowest BCUT2D eigenvalue weighted by Gasteiger charge is -2.09. The maximum absolute atomic E-state index is 12.0. The number of phenols is 1. The third-order valence-electron chi connectivity index (χ3n) is 2.88. The lowest BCUT2D eigenvalue weighted by Crippen LogP contribution is -2.11. The number of aromatic hydroxyl groups is 1. The highest BCUT2D eigenvalue weighted by Gasteiger charge is 2.09. The van der Waals surface area contributed by atoms with Crippen LogP contribution in [0, 0.1) is 6.92 Å². The molecule has 5 heteroatoms. The molecule has 0 saturated heterocycles. The van der Waals surface area contributed by atoms with E-state index in [0.717, 1.165) is 0 Å². The Labute approximate surface area is 122 Å². The fourth-order valence-corrected chi connectivity index (χ4v) is 1.96. The van der Waals surface area contributed by atoms with Gasteiger partial charge in [0.05, 0.1) is 12.1 Å². The third-order valence-corrected chi connectivity index (χ3v) is 3.18. The van der Waals surface area contributed by atoms with Gasteiger partial charge in [-0.05, 0) is 42.8 Å². The van der Waals surface area contributed by atoms with Crippen molar-refractivity contribution in [2.75, 3.05) is 12.4 Å². The van der Waals surface area contributed by atoms with E-state index in [1.807, 2.05) is 0 Å². The van der Waals surface area contributed by atoms with E-state index < -0.39 is 0 Å². The van der Waals surface area contributed by atoms with E-state index in [2.05, 4.69) is 5.32 Å². The summed E-state index contributed by atoms with van der Waals surface area (Å²) in [5.41, 5.74) is 1.65. The molecule has 104 valence electrons. The Morgan fingerprint density at radius 3 is 2.60 bits per heavy atom. The normalized spacial score (nSPS) is 10.2. The summed E-state index contributed by atoms with van der Waals surface area (Å²) in [7, 11) is 1.52. The summed E-state index contributed by atoms with van der Waals surface area (Å²) in [5.74, 6) is 0.310. The van der Waals surface area contributed by atoms with E-state index in [9.17, 15) is 9.90 Å². The number of hydrogen-bond acceptors (Lipinski definition) is 3. The highest BCUT2D eigenvalue weighted by Crippen LogP contribution is 2.27. The van der Waals surface area contributed by atoms with Crippen LogP contribution in [0.3, 0.4) is 0 Å². The molecule has 0 aliphatic carbocycles. The highest BCUT2D eigenvalue weighted by molar-refractivity contribution is 6.32. The van der Waals surface area contributed by atoms with Crippen molar-refractivity contribution < 1.29 is 14.6 Å². The van der Waals surface area contributed by atoms with Crippen molar-refractivity contribution in [1.82, 2.24) is 0 Å². The maximum atomic E-state index is 12.0. The van der Waals surface area contributed by atoms with Gasteiger partial charge in [-0.1, -0.05) is 17.7 Å². The molecule has 0 aromatic heterocycles. The lowest BCUT2D eigenvalue weighted by molar-refractivity contribution is 0.102. The van der Waals surface area contributed by atoms with E-state index in [4.69, 9.17) is 16.3 Å². The molecule has 0 unspecified atom stereocenters. The first kappa shape index (κ1) is 14.2. The summed E-state index contributed by atoms with van der Waals surface area (Å²) in [6, 6.07) is 9.73. The largest absolute Gasteiger partial charge is 0.508 e. The molecule has 0 radical (unpaired) electrons. The molecule has 0 heterocycles. The molecule has 2 aromatic rings. The number of phenolic OH excluding ortho intramolecular Hbond substituents is 1. The Morgan fingerprint density at radius 2 is 2.00 bits per heavy atom. The minimum atomic E-state index is -0.318. The smallest absolute Gasteiger partial charge is 0.255 e. The molecule has 1 amide bonds. The van der Waals surface area contributed by atoms with Crippen LogP contribution in [0.2, 0.25) is 5.02 Å². The average Bonchev–Trinajstić information content (AvgIpc) is 2.42. The molecule has 0 fully saturated rings. The quantitative estimate of drug-likeness (QED) is 0.908. The minimum absolute atomic E-state index is 0.0883. The molecular weight excluding hydrogens is 278 g/mol. The van der Waals surface area contributed by atoms with E-state index in [1.54, 1.807) is 37.3 Å². The summed E-state index contributed by atoms with van der Waals surface area (Å²) in [6.45, 7) is 1.76. The summed E-state index contributed by atoms with van der Waals surface area (Å²) in [4.78, 5) is 12.0. The summed E-state index contributed by atoms with van der Waals surface area (Å²) >= 11 is 5.99. The van der Waals surface area contributed by atoms with Crippen LogP contribution in [0.4, 0.5) is 5.69 Å². The molecule has 0 saturated carbocycles. The topological polar surface area (TPSA) is 58.6 Å². The fraction of sp³-hybridized carbons (Fsp3) is 0.133. The van der Waals surface area contributed by atoms with Crippen LogP contribution in [-0.4, -0.2) is 18.1 Å². The second-order valence-corrected chi connectivity index (χ2v) is 4.71. The number of carbonyl (C=O) groups is 1. The number of halogens is 1. The molecule has 2 aromatic carbocycles. The Morgan fingerprint density at radius 1 is 1.25 bits per heavy atom. The first-order valence-corrected chi connectivity index (χ1v) is 6.33. The number of nitrogens with one attached hydrogen (secondary N) is 1. The van der Waals surface area contributed by atoms with Crippen molar-refractivity contribution in [1.29, 1.82) is 0 Å². The zero-order valence-electron chi connectivity index (χ0n) is 11.1. The van der Waals surface area contributed by atoms with Crippen LogP contribution in [0.1, 0.15) is 15.9 Å². The van der Waals surface area contributed by atoms with Crippen molar-refractivity contribution >= 4 is 23.2 Å². The van der Waals surface area contributed by atoms with Crippen LogP contribution in [0.15, 0.2) is 36.4 Å². The van der Waals surface area contributed by atoms with Crippen LogP contribution in [-0.2, 0) is 0 Å². The number of aryl methyl sites for hydroxylation is 1. The van der Waals surface area contributed by atoms with Crippen LogP contribution in [0.5, 0.6) is 11.5 Å². The van der Waals surface area contributed by atoms with Crippen molar-refractivity contribution in [3.8, 4) is 11.5 Å². The Hall–Kier alpha value is -2.20.